The van der Waals surface area contributed by atoms with E-state index in [0.29, 0.717) is 17.6 Å². The topological polar surface area (TPSA) is 78.4 Å². The highest BCUT2D eigenvalue weighted by molar-refractivity contribution is 5.89. The number of aliphatic carboxylic acids is 1. The third kappa shape index (κ3) is 3.98. The van der Waals surface area contributed by atoms with Gasteiger partial charge in [-0.25, -0.2) is 4.79 Å². The zero-order valence-corrected chi connectivity index (χ0v) is 11.7. The Hall–Kier alpha value is -2.04. The summed E-state index contributed by atoms with van der Waals surface area (Å²) >= 11 is 0. The summed E-state index contributed by atoms with van der Waals surface area (Å²) in [6.45, 7) is 3.97. The van der Waals surface area contributed by atoms with Gasteiger partial charge in [0.1, 0.15) is 0 Å². The van der Waals surface area contributed by atoms with Crippen molar-refractivity contribution in [2.45, 2.75) is 38.6 Å². The van der Waals surface area contributed by atoms with Crippen LogP contribution in [0.15, 0.2) is 24.3 Å². The van der Waals surface area contributed by atoms with E-state index in [1.807, 2.05) is 19.1 Å². The zero-order valence-electron chi connectivity index (χ0n) is 11.7. The molecule has 5 heteroatoms. The van der Waals surface area contributed by atoms with Crippen LogP contribution in [-0.2, 0) is 4.79 Å². The Morgan fingerprint density at radius 1 is 1.35 bits per heavy atom. The number of carbonyl (C=O) groups excluding carboxylic acids is 1. The Balaban J connectivity index is 1.87. The number of hydrogen-bond acceptors (Lipinski definition) is 2. The summed E-state index contributed by atoms with van der Waals surface area (Å²) in [5, 5.41) is 14.4. The van der Waals surface area contributed by atoms with Gasteiger partial charge in [0.15, 0.2) is 0 Å². The SMILES string of the molecule is CC(CC(=O)O)c1ccc(NC(=O)NC2CC2C)cc1. The number of nitrogens with one attached hydrogen (secondary N) is 2. The van der Waals surface area contributed by atoms with Crippen LogP contribution in [0.3, 0.4) is 0 Å². The maximum absolute atomic E-state index is 11.7. The molecule has 1 aliphatic carbocycles. The lowest BCUT2D eigenvalue weighted by Crippen LogP contribution is -2.31. The number of carboxylic acids is 1. The summed E-state index contributed by atoms with van der Waals surface area (Å²) in [7, 11) is 0. The minimum atomic E-state index is -0.808. The van der Waals surface area contributed by atoms with Gasteiger partial charge in [-0.2, -0.15) is 0 Å². The fourth-order valence-electron chi connectivity index (χ4n) is 2.13. The average Bonchev–Trinajstić information content (AvgIpc) is 3.04. The Kier molecular flexibility index (Phi) is 4.27. The smallest absolute Gasteiger partial charge is 0.319 e. The van der Waals surface area contributed by atoms with E-state index in [0.717, 1.165) is 12.0 Å². The summed E-state index contributed by atoms with van der Waals surface area (Å²) < 4.78 is 0. The van der Waals surface area contributed by atoms with Crippen LogP contribution in [0.25, 0.3) is 0 Å². The van der Waals surface area contributed by atoms with Crippen LogP contribution in [0, 0.1) is 5.92 Å². The molecule has 0 radical (unpaired) electrons. The molecule has 1 aromatic carbocycles. The highest BCUT2D eigenvalue weighted by Gasteiger charge is 2.33. The number of benzene rings is 1. The van der Waals surface area contributed by atoms with Crippen molar-refractivity contribution in [3.63, 3.8) is 0 Å². The minimum absolute atomic E-state index is 0.0392. The third-order valence-corrected chi connectivity index (χ3v) is 3.64. The molecule has 2 rings (SSSR count). The van der Waals surface area contributed by atoms with Crippen molar-refractivity contribution < 1.29 is 14.7 Å². The number of amides is 2. The van der Waals surface area contributed by atoms with Crippen molar-refractivity contribution in [3.05, 3.63) is 29.8 Å². The van der Waals surface area contributed by atoms with E-state index >= 15 is 0 Å². The molecule has 0 aliphatic heterocycles. The summed E-state index contributed by atoms with van der Waals surface area (Å²) in [6, 6.07) is 7.40. The van der Waals surface area contributed by atoms with Gasteiger partial charge in [-0.1, -0.05) is 26.0 Å². The van der Waals surface area contributed by atoms with Gasteiger partial charge in [0.05, 0.1) is 6.42 Å². The van der Waals surface area contributed by atoms with Crippen molar-refractivity contribution in [2.75, 3.05) is 5.32 Å². The van der Waals surface area contributed by atoms with E-state index in [2.05, 4.69) is 17.6 Å². The molecule has 0 heterocycles. The number of hydrogen-bond donors (Lipinski definition) is 3. The fraction of sp³-hybridized carbons (Fsp3) is 0.467. The predicted octanol–water partition coefficient (Wildman–Crippen LogP) is 2.79. The first-order chi connectivity index (χ1) is 9.45. The maximum Gasteiger partial charge on any atom is 0.319 e. The normalized spacial score (nSPS) is 21.9. The van der Waals surface area contributed by atoms with Crippen LogP contribution in [0.4, 0.5) is 10.5 Å². The second kappa shape index (κ2) is 5.94. The maximum atomic E-state index is 11.7. The van der Waals surface area contributed by atoms with E-state index in [4.69, 9.17) is 5.11 Å². The lowest BCUT2D eigenvalue weighted by Gasteiger charge is -2.11. The molecule has 0 saturated heterocycles. The fourth-order valence-corrected chi connectivity index (χ4v) is 2.13. The van der Waals surface area contributed by atoms with Gasteiger partial charge in [-0.15, -0.1) is 0 Å². The molecule has 20 heavy (non-hydrogen) atoms. The van der Waals surface area contributed by atoms with Crippen molar-refractivity contribution >= 4 is 17.7 Å². The Bertz CT molecular complexity index is 498. The average molecular weight is 276 g/mol. The molecule has 3 atom stereocenters. The van der Waals surface area contributed by atoms with Crippen molar-refractivity contribution in [3.8, 4) is 0 Å². The molecule has 1 saturated carbocycles. The van der Waals surface area contributed by atoms with Gasteiger partial charge >= 0.3 is 12.0 Å². The van der Waals surface area contributed by atoms with Gasteiger partial charge in [-0.3, -0.25) is 4.79 Å². The Morgan fingerprint density at radius 2 is 1.95 bits per heavy atom. The van der Waals surface area contributed by atoms with E-state index in [9.17, 15) is 9.59 Å². The quantitative estimate of drug-likeness (QED) is 0.773. The third-order valence-electron chi connectivity index (χ3n) is 3.64. The largest absolute Gasteiger partial charge is 0.481 e. The molecule has 1 fully saturated rings. The monoisotopic (exact) mass is 276 g/mol. The summed E-state index contributed by atoms with van der Waals surface area (Å²) in [5.41, 5.74) is 1.66. The summed E-state index contributed by atoms with van der Waals surface area (Å²) in [6.07, 6.45) is 1.14. The molecular weight excluding hydrogens is 256 g/mol. The molecule has 0 bridgehead atoms. The molecule has 2 amide bonds. The predicted molar refractivity (Wildman–Crippen MR) is 76.8 cm³/mol. The van der Waals surface area contributed by atoms with Crippen LogP contribution < -0.4 is 10.6 Å². The molecule has 3 N–H and O–H groups in total. The first kappa shape index (κ1) is 14.4. The van der Waals surface area contributed by atoms with E-state index in [1.165, 1.54) is 0 Å². The van der Waals surface area contributed by atoms with Crippen molar-refractivity contribution in [2.24, 2.45) is 5.92 Å². The van der Waals surface area contributed by atoms with Crippen LogP contribution in [-0.4, -0.2) is 23.1 Å². The second-order valence-corrected chi connectivity index (χ2v) is 5.54. The van der Waals surface area contributed by atoms with Crippen molar-refractivity contribution in [1.29, 1.82) is 0 Å². The zero-order chi connectivity index (χ0) is 14.7. The highest BCUT2D eigenvalue weighted by Crippen LogP contribution is 2.29. The summed E-state index contributed by atoms with van der Waals surface area (Å²) in [5.74, 6) is -0.277. The van der Waals surface area contributed by atoms with Gasteiger partial charge in [0, 0.05) is 11.7 Å². The minimum Gasteiger partial charge on any atom is -0.481 e. The van der Waals surface area contributed by atoms with Crippen LogP contribution in [0.1, 0.15) is 38.2 Å². The number of urea groups is 1. The summed E-state index contributed by atoms with van der Waals surface area (Å²) in [4.78, 5) is 22.3. The van der Waals surface area contributed by atoms with Gasteiger partial charge < -0.3 is 15.7 Å². The lowest BCUT2D eigenvalue weighted by molar-refractivity contribution is -0.137. The number of rotatable bonds is 5. The van der Waals surface area contributed by atoms with Crippen LogP contribution >= 0.6 is 0 Å². The van der Waals surface area contributed by atoms with E-state index in [-0.39, 0.29) is 18.4 Å². The molecule has 1 aromatic rings. The molecular formula is C15H20N2O3. The van der Waals surface area contributed by atoms with E-state index < -0.39 is 5.97 Å². The van der Waals surface area contributed by atoms with Crippen LogP contribution in [0.5, 0.6) is 0 Å². The molecule has 108 valence electrons. The molecule has 0 spiro atoms. The molecule has 3 unspecified atom stereocenters. The van der Waals surface area contributed by atoms with Crippen LogP contribution in [0.2, 0.25) is 0 Å². The molecule has 5 nitrogen and oxygen atoms in total. The van der Waals surface area contributed by atoms with Crippen molar-refractivity contribution in [1.82, 2.24) is 5.32 Å². The van der Waals surface area contributed by atoms with E-state index in [1.54, 1.807) is 12.1 Å². The van der Waals surface area contributed by atoms with Gasteiger partial charge in [-0.05, 0) is 36.0 Å². The lowest BCUT2D eigenvalue weighted by atomic mass is 9.98. The van der Waals surface area contributed by atoms with Gasteiger partial charge in [0.25, 0.3) is 0 Å². The first-order valence-electron chi connectivity index (χ1n) is 6.85. The highest BCUT2D eigenvalue weighted by atomic mass is 16.4. The molecule has 0 aromatic heterocycles. The standard InChI is InChI=1S/C15H20N2O3/c1-9(8-14(18)19)11-3-5-12(6-4-11)16-15(20)17-13-7-10(13)2/h3-6,9-10,13H,7-8H2,1-2H3,(H,18,19)(H2,16,17,20). The molecule has 1 aliphatic rings. The van der Waals surface area contributed by atoms with Gasteiger partial charge in [0.2, 0.25) is 0 Å². The Morgan fingerprint density at radius 3 is 2.45 bits per heavy atom. The first-order valence-corrected chi connectivity index (χ1v) is 6.85. The second-order valence-electron chi connectivity index (χ2n) is 5.54. The number of carboxylic acid groups (broad SMARTS) is 1. The Labute approximate surface area is 118 Å². The number of anilines is 1. The number of carbonyl (C=O) groups is 2.